The molecule has 0 aliphatic heterocycles. The van der Waals surface area contributed by atoms with Gasteiger partial charge in [0.25, 0.3) is 22.7 Å². The van der Waals surface area contributed by atoms with Crippen LogP contribution in [0.3, 0.4) is 0 Å². The van der Waals surface area contributed by atoms with Crippen LogP contribution in [0.25, 0.3) is 0 Å². The number of sulfone groups is 1. The van der Waals surface area contributed by atoms with Crippen molar-refractivity contribution >= 4 is 141 Å². The van der Waals surface area contributed by atoms with Gasteiger partial charge in [-0.15, -0.1) is 0 Å². The Morgan fingerprint density at radius 3 is 1.09 bits per heavy atom. The van der Waals surface area contributed by atoms with E-state index < -0.39 is 84.1 Å². The molecule has 0 amide bonds. The number of rotatable bonds is 30. The Bertz CT molecular complexity index is 6530. The second-order valence-electron chi connectivity index (χ2n) is 36.2. The number of benzene rings is 12. The van der Waals surface area contributed by atoms with Crippen molar-refractivity contribution in [3.05, 3.63) is 431 Å². The molecule has 0 radical (unpaired) electrons. The van der Waals surface area contributed by atoms with Gasteiger partial charge < -0.3 is 15.5 Å². The summed E-state index contributed by atoms with van der Waals surface area (Å²) in [6, 6.07) is 89.5. The quantitative estimate of drug-likeness (QED) is 0.0107. The molecule has 0 spiro atoms. The third-order valence-electron chi connectivity index (χ3n) is 21.2. The van der Waals surface area contributed by atoms with Crippen LogP contribution in [-0.4, -0.2) is 80.4 Å². The van der Waals surface area contributed by atoms with Crippen molar-refractivity contribution in [1.82, 2.24) is 20.6 Å². The predicted molar refractivity (Wildman–Crippen MR) is 563 cm³/mol. The van der Waals surface area contributed by atoms with Crippen LogP contribution in [0, 0.1) is 102 Å². The van der Waals surface area contributed by atoms with Crippen LogP contribution >= 0.6 is 24.4 Å². The zero-order valence-electron chi connectivity index (χ0n) is 80.5. The first-order valence-corrected chi connectivity index (χ1v) is 46.7. The van der Waals surface area contributed by atoms with Gasteiger partial charge in [-0.3, -0.25) is 102 Å². The molecular weight excluding hydrogens is 1850 g/mol. The lowest BCUT2D eigenvalue weighted by atomic mass is 9.72. The van der Waals surface area contributed by atoms with E-state index in [1.165, 1.54) is 22.3 Å². The van der Waals surface area contributed by atoms with Gasteiger partial charge in [-0.2, -0.15) is 0 Å². The average molecular weight is 1960 g/mol. The number of thiocarbonyl (C=S) groups is 2. The molecule has 0 bridgehead atoms. The SMILES string of the molecule is CC(=S)NC(=NCS(=O)(=O)c1ccc(C)cc1)c1ccccc1.CC(=S)NC(=NCc1ccccc1)c1ccc(C)cc1.CC(C)(C)CC(C)(C)c1ccc(N(Nc2c([N+](=O)[O-])cc([N+](=O)[O-])cc2[N+](=O)[O-])c2ccc(C(C)(C)CC(C)(C)C)cc2)cc1.Cc1ncc([N+](=O)[O-])c(NN(c2ccccc2)c2ccccc2)n1.O=[N+]([O-])c1cc([N+](=O)[O-])c(CN(c2ccccc2)c2ccccc2)c([N+](=O)[O-])c1. The van der Waals surface area contributed by atoms with Crippen LogP contribution in [0.1, 0.15) is 146 Å². The van der Waals surface area contributed by atoms with Crippen molar-refractivity contribution in [1.29, 1.82) is 0 Å². The topological polar surface area (TPSA) is 444 Å². The molecule has 1 aromatic heterocycles. The first-order valence-electron chi connectivity index (χ1n) is 44.2. The van der Waals surface area contributed by atoms with Gasteiger partial charge in [0.2, 0.25) is 11.5 Å². The minimum atomic E-state index is -3.49. The molecule has 0 saturated carbocycles. The number of hydrogen-bond donors (Lipinski definition) is 4. The Morgan fingerprint density at radius 2 is 0.723 bits per heavy atom. The maximum Gasteiger partial charge on any atom is 0.331 e. The van der Waals surface area contributed by atoms with Crippen LogP contribution in [0.4, 0.5) is 85.4 Å². The van der Waals surface area contributed by atoms with Gasteiger partial charge in [-0.25, -0.2) is 18.4 Å². The number of amidine groups is 2. The molecule has 4 N–H and O–H groups in total. The number of para-hydroxylation sites is 4. The van der Waals surface area contributed by atoms with Crippen LogP contribution in [0.15, 0.2) is 324 Å². The molecule has 13 rings (SSSR count). The number of nitro benzene ring substituents is 6. The summed E-state index contributed by atoms with van der Waals surface area (Å²) in [5.41, 5.74) is 12.1. The summed E-state index contributed by atoms with van der Waals surface area (Å²) in [7, 11) is -3.49. The molecule has 0 unspecified atom stereocenters. The first kappa shape index (κ1) is 108. The number of nitro groups is 7. The van der Waals surface area contributed by atoms with E-state index in [4.69, 9.17) is 24.4 Å². The summed E-state index contributed by atoms with van der Waals surface area (Å²) in [5.74, 6) is 1.52. The smallest absolute Gasteiger partial charge is 0.331 e. The second-order valence-corrected chi connectivity index (χ2v) is 39.4. The highest BCUT2D eigenvalue weighted by molar-refractivity contribution is 7.91. The van der Waals surface area contributed by atoms with E-state index in [1.807, 2.05) is 172 Å². The Morgan fingerprint density at radius 1 is 0.390 bits per heavy atom. The number of hydrogen-bond acceptors (Lipinski definition) is 27. The summed E-state index contributed by atoms with van der Waals surface area (Å²) in [6.45, 7) is 31.5. The molecular formula is C104H110N18O16S3. The van der Waals surface area contributed by atoms with Gasteiger partial charge in [0.1, 0.15) is 35.1 Å². The summed E-state index contributed by atoms with van der Waals surface area (Å²) in [4.78, 5) is 95.5. The summed E-state index contributed by atoms with van der Waals surface area (Å²) in [6.07, 6.45) is 3.06. The van der Waals surface area contributed by atoms with Crippen molar-refractivity contribution in [3.8, 4) is 0 Å². The highest BCUT2D eigenvalue weighted by atomic mass is 32.2. The molecule has 37 heteroatoms. The highest BCUT2D eigenvalue weighted by Crippen LogP contribution is 2.45. The largest absolute Gasteiger partial charge is 0.336 e. The number of nitrogens with one attached hydrogen (secondary N) is 4. The summed E-state index contributed by atoms with van der Waals surface area (Å²) in [5, 5.41) is 90.4. The minimum absolute atomic E-state index is 0.0894. The van der Waals surface area contributed by atoms with E-state index >= 15 is 0 Å². The lowest BCUT2D eigenvalue weighted by Crippen LogP contribution is -2.28. The molecule has 12 aromatic carbocycles. The van der Waals surface area contributed by atoms with Crippen molar-refractivity contribution in [2.24, 2.45) is 20.8 Å². The molecule has 13 aromatic rings. The average Bonchev–Trinajstić information content (AvgIpc) is 0.774. The minimum Gasteiger partial charge on any atom is -0.336 e. The third kappa shape index (κ3) is 32.4. The Labute approximate surface area is 828 Å². The highest BCUT2D eigenvalue weighted by Gasteiger charge is 2.36. The molecule has 0 aliphatic carbocycles. The van der Waals surface area contributed by atoms with Crippen LogP contribution < -0.4 is 36.4 Å². The van der Waals surface area contributed by atoms with Crippen molar-refractivity contribution < 1.29 is 42.9 Å². The predicted octanol–water partition coefficient (Wildman–Crippen LogP) is 25.6. The van der Waals surface area contributed by atoms with Crippen molar-refractivity contribution in [3.63, 3.8) is 0 Å². The fourth-order valence-corrected chi connectivity index (χ4v) is 16.6. The molecule has 0 aliphatic rings. The zero-order chi connectivity index (χ0) is 103. The lowest BCUT2D eigenvalue weighted by Gasteiger charge is -2.34. The number of hydrazine groups is 2. The van der Waals surface area contributed by atoms with E-state index in [0.717, 1.165) is 87.1 Å². The molecule has 0 fully saturated rings. The number of anilines is 8. The van der Waals surface area contributed by atoms with Gasteiger partial charge in [0.15, 0.2) is 9.84 Å². The third-order valence-corrected chi connectivity index (χ3v) is 22.9. The summed E-state index contributed by atoms with van der Waals surface area (Å²) >= 11 is 10.2. The van der Waals surface area contributed by atoms with Crippen LogP contribution in [0.2, 0.25) is 0 Å². The molecule has 730 valence electrons. The normalized spacial score (nSPS) is 11.4. The number of aryl methyl sites for hydroxylation is 3. The maximum atomic E-state index is 12.4. The van der Waals surface area contributed by atoms with Crippen LogP contribution in [0.5, 0.6) is 0 Å². The first-order chi connectivity index (χ1) is 66.6. The molecule has 0 saturated heterocycles. The monoisotopic (exact) mass is 1960 g/mol. The molecule has 34 nitrogen and oxygen atoms in total. The fourth-order valence-electron chi connectivity index (χ4n) is 15.4. The molecule has 1 heterocycles. The van der Waals surface area contributed by atoms with Gasteiger partial charge >= 0.3 is 17.1 Å². The van der Waals surface area contributed by atoms with Gasteiger partial charge in [-0.05, 0) is 171 Å². The number of non-ortho nitro benzene ring substituents is 2. The Balaban J connectivity index is 0.000000203. The Kier molecular flexibility index (Phi) is 37.7. The second kappa shape index (κ2) is 49.1. The van der Waals surface area contributed by atoms with Gasteiger partial charge in [0.05, 0.1) is 109 Å². The Hall–Kier alpha value is -16.4. The number of aromatic nitrogens is 2. The standard InChI is InChI=1S/C34H45N5O6.C19H14N4O6.C17H15N5O2.C17H18N2O2S2.C17H18N2S/c1-31(2,3)21-33(7,8)23-11-15-25(16-12-23)36(26-17-13-24(14-18-26)34(9,10)22-32(4,5)6)35-30-28(38(42)43)19-27(37(40)41)20-29(30)39(44)45;24-21(25)16-11-18(22(26)27)17(19(12-16)23(28)29)13-20(14-7-3-1-4-8-14)15-9-5-2-6-10-15;1-13-18-12-16(22(23)24)17(19-13)20-21(14-8-4-2-5-9-14)15-10-6-3-7-11-15;1-13-8-10-16(11-9-13)23(20,21)12-18-17(19-14(2)22)15-6-4-3-5-7-15;1-13-8-10-16(11-9-13)17(19-14(2)20)18-12-15-6-4-3-5-7-15/h11-20,35H,21-22H2,1-10H3;1-12H,13H2;2-12H,1H3,(H,18,19,20);3-11H,12H2,1-2H3,(H,18,19,22);3-11H,12H2,1-2H3,(H,18,19,20). The van der Waals surface area contributed by atoms with E-state index in [2.05, 4.69) is 154 Å². The number of aliphatic imine (C=N–C) groups is 2. The molecule has 141 heavy (non-hydrogen) atoms. The van der Waals surface area contributed by atoms with Crippen molar-refractivity contribution in [2.45, 2.75) is 146 Å². The van der Waals surface area contributed by atoms with E-state index in [9.17, 15) is 79.2 Å². The summed E-state index contributed by atoms with van der Waals surface area (Å²) < 4.78 is 24.8. The van der Waals surface area contributed by atoms with Crippen LogP contribution in [-0.2, 0) is 33.8 Å². The van der Waals surface area contributed by atoms with E-state index in [-0.39, 0.29) is 56.0 Å². The fraction of sp³-hybridized carbons (Fsp3) is 0.231. The molecule has 0 atom stereocenters. The lowest BCUT2D eigenvalue weighted by molar-refractivity contribution is -0.404. The van der Waals surface area contributed by atoms with E-state index in [1.54, 1.807) is 109 Å². The van der Waals surface area contributed by atoms with Gasteiger partial charge in [0, 0.05) is 22.5 Å². The maximum absolute atomic E-state index is 12.4. The number of nitrogens with zero attached hydrogens (tertiary/aromatic N) is 14. The zero-order valence-corrected chi connectivity index (χ0v) is 82.9. The van der Waals surface area contributed by atoms with Gasteiger partial charge in [-0.1, -0.05) is 299 Å². The van der Waals surface area contributed by atoms with Crippen molar-refractivity contribution in [2.75, 3.05) is 31.6 Å². The van der Waals surface area contributed by atoms with E-state index in [0.29, 0.717) is 45.9 Å².